The van der Waals surface area contributed by atoms with E-state index in [0.717, 1.165) is 38.8 Å². The van der Waals surface area contributed by atoms with Crippen molar-refractivity contribution in [2.24, 2.45) is 5.92 Å². The first-order valence-electron chi connectivity index (χ1n) is 9.13. The van der Waals surface area contributed by atoms with E-state index in [0.29, 0.717) is 19.1 Å². The van der Waals surface area contributed by atoms with E-state index in [1.165, 1.54) is 11.1 Å². The lowest BCUT2D eigenvalue weighted by Gasteiger charge is -2.28. The van der Waals surface area contributed by atoms with Crippen LogP contribution in [0.25, 0.3) is 0 Å². The number of carbonyl (C=O) groups excluding carboxylic acids is 1. The van der Waals surface area contributed by atoms with Crippen LogP contribution in [0.2, 0.25) is 0 Å². The molecule has 1 saturated heterocycles. The number of aliphatic hydroxyl groups excluding tert-OH is 1. The second-order valence-corrected chi connectivity index (χ2v) is 7.40. The highest BCUT2D eigenvalue weighted by molar-refractivity contribution is 5.79. The topological polar surface area (TPSA) is 43.8 Å². The minimum atomic E-state index is -0.450. The van der Waals surface area contributed by atoms with Crippen molar-refractivity contribution in [1.29, 1.82) is 0 Å². The Hall–Kier alpha value is -1.65. The molecular formula is C20H26N2O2. The maximum Gasteiger partial charge on any atom is 0.226 e. The highest BCUT2D eigenvalue weighted by Gasteiger charge is 2.33. The number of nitrogens with zero attached hydrogens (tertiary/aromatic N) is 2. The molecule has 4 nitrogen and oxygen atoms in total. The van der Waals surface area contributed by atoms with Crippen LogP contribution in [-0.2, 0) is 17.6 Å². The van der Waals surface area contributed by atoms with Gasteiger partial charge < -0.3 is 10.0 Å². The Morgan fingerprint density at radius 2 is 1.67 bits per heavy atom. The maximum absolute atomic E-state index is 12.7. The average Bonchev–Trinajstić information content (AvgIpc) is 3.22. The Labute approximate surface area is 143 Å². The zero-order valence-electron chi connectivity index (χ0n) is 14.1. The highest BCUT2D eigenvalue weighted by atomic mass is 16.3. The van der Waals surface area contributed by atoms with Crippen LogP contribution in [-0.4, -0.2) is 59.1 Å². The van der Waals surface area contributed by atoms with Crippen LogP contribution in [0.1, 0.15) is 24.0 Å². The predicted molar refractivity (Wildman–Crippen MR) is 93.7 cm³/mol. The molecule has 24 heavy (non-hydrogen) atoms. The molecule has 1 N–H and O–H groups in total. The Kier molecular flexibility index (Phi) is 4.42. The summed E-state index contributed by atoms with van der Waals surface area (Å²) in [5.74, 6) is 0.315. The van der Waals surface area contributed by atoms with Crippen LogP contribution >= 0.6 is 0 Å². The lowest BCUT2D eigenvalue weighted by Crippen LogP contribution is -2.41. The van der Waals surface area contributed by atoms with Crippen molar-refractivity contribution in [3.63, 3.8) is 0 Å². The molecule has 1 heterocycles. The van der Waals surface area contributed by atoms with Gasteiger partial charge in [0.1, 0.15) is 0 Å². The van der Waals surface area contributed by atoms with Gasteiger partial charge in [-0.05, 0) is 36.8 Å². The number of rotatable bonds is 2. The minimum absolute atomic E-state index is 0.0967. The zero-order chi connectivity index (χ0) is 16.5. The summed E-state index contributed by atoms with van der Waals surface area (Å²) >= 11 is 0. The monoisotopic (exact) mass is 326 g/mol. The van der Waals surface area contributed by atoms with Gasteiger partial charge in [0, 0.05) is 38.1 Å². The molecule has 1 atom stereocenters. The van der Waals surface area contributed by atoms with E-state index in [1.807, 2.05) is 4.90 Å². The van der Waals surface area contributed by atoms with Crippen molar-refractivity contribution in [2.45, 2.75) is 37.8 Å². The Bertz CT molecular complexity index is 609. The maximum atomic E-state index is 12.7. The summed E-state index contributed by atoms with van der Waals surface area (Å²) in [5.41, 5.74) is 2.87. The van der Waals surface area contributed by atoms with Crippen LogP contribution < -0.4 is 0 Å². The summed E-state index contributed by atoms with van der Waals surface area (Å²) in [6, 6.07) is 9.10. The number of aliphatic hydroxyl groups is 1. The number of benzene rings is 1. The molecule has 0 saturated carbocycles. The molecule has 1 aromatic carbocycles. The molecule has 1 fully saturated rings. The Balaban J connectivity index is 1.40. The van der Waals surface area contributed by atoms with Gasteiger partial charge in [0.05, 0.1) is 6.10 Å². The van der Waals surface area contributed by atoms with Crippen LogP contribution in [0.5, 0.6) is 0 Å². The van der Waals surface area contributed by atoms with Crippen molar-refractivity contribution in [2.75, 3.05) is 26.2 Å². The van der Waals surface area contributed by atoms with Crippen LogP contribution in [0.3, 0.4) is 0 Å². The summed E-state index contributed by atoms with van der Waals surface area (Å²) in [6.45, 7) is 2.75. The van der Waals surface area contributed by atoms with Gasteiger partial charge in [0.2, 0.25) is 5.91 Å². The van der Waals surface area contributed by atoms with E-state index in [4.69, 9.17) is 0 Å². The SMILES string of the molecule is O=C(C1CC=CC1)N1CCN(C2Cc3ccccc3C2)CC(O)C1. The van der Waals surface area contributed by atoms with E-state index in [9.17, 15) is 9.90 Å². The van der Waals surface area contributed by atoms with Crippen molar-refractivity contribution in [1.82, 2.24) is 9.80 Å². The Morgan fingerprint density at radius 1 is 1.00 bits per heavy atom. The molecule has 1 amide bonds. The normalized spacial score (nSPS) is 25.9. The molecule has 2 aliphatic carbocycles. The number of hydrogen-bond donors (Lipinski definition) is 1. The van der Waals surface area contributed by atoms with Crippen LogP contribution in [0, 0.1) is 5.92 Å². The van der Waals surface area contributed by atoms with Crippen LogP contribution in [0.4, 0.5) is 0 Å². The van der Waals surface area contributed by atoms with Crippen molar-refractivity contribution >= 4 is 5.91 Å². The number of carbonyl (C=O) groups is 1. The highest BCUT2D eigenvalue weighted by Crippen LogP contribution is 2.27. The number of fused-ring (bicyclic) bond motifs is 1. The molecule has 4 rings (SSSR count). The number of allylic oxidation sites excluding steroid dienone is 2. The average molecular weight is 326 g/mol. The van der Waals surface area contributed by atoms with Crippen LogP contribution in [0.15, 0.2) is 36.4 Å². The van der Waals surface area contributed by atoms with Crippen molar-refractivity contribution < 1.29 is 9.90 Å². The smallest absolute Gasteiger partial charge is 0.226 e. The lowest BCUT2D eigenvalue weighted by molar-refractivity contribution is -0.136. The second-order valence-electron chi connectivity index (χ2n) is 7.40. The van der Waals surface area contributed by atoms with Gasteiger partial charge in [0.25, 0.3) is 0 Å². The van der Waals surface area contributed by atoms with Gasteiger partial charge in [-0.2, -0.15) is 0 Å². The van der Waals surface area contributed by atoms with E-state index < -0.39 is 6.10 Å². The molecule has 4 heteroatoms. The fourth-order valence-electron chi connectivity index (χ4n) is 4.42. The van der Waals surface area contributed by atoms with Gasteiger partial charge in [-0.15, -0.1) is 0 Å². The third-order valence-corrected chi connectivity index (χ3v) is 5.75. The number of β-amino-alcohol motifs (C(OH)–C–C–N with tert-alkyl or cyclic N) is 1. The lowest BCUT2D eigenvalue weighted by atomic mass is 10.1. The fourth-order valence-corrected chi connectivity index (χ4v) is 4.42. The summed E-state index contributed by atoms with van der Waals surface area (Å²) in [5, 5.41) is 10.4. The molecule has 128 valence electrons. The molecule has 1 aliphatic heterocycles. The first-order chi connectivity index (χ1) is 11.7. The Morgan fingerprint density at radius 3 is 2.33 bits per heavy atom. The molecule has 0 spiro atoms. The molecule has 0 aromatic heterocycles. The van der Waals surface area contributed by atoms with Gasteiger partial charge >= 0.3 is 0 Å². The third kappa shape index (κ3) is 3.13. The number of hydrogen-bond acceptors (Lipinski definition) is 3. The quantitative estimate of drug-likeness (QED) is 0.840. The van der Waals surface area contributed by atoms with Crippen molar-refractivity contribution in [3.05, 3.63) is 47.5 Å². The first kappa shape index (κ1) is 15.9. The molecule has 1 aromatic rings. The van der Waals surface area contributed by atoms with Crippen molar-refractivity contribution in [3.8, 4) is 0 Å². The van der Waals surface area contributed by atoms with Gasteiger partial charge in [-0.3, -0.25) is 9.69 Å². The van der Waals surface area contributed by atoms with E-state index in [2.05, 4.69) is 41.3 Å². The molecule has 1 unspecified atom stereocenters. The predicted octanol–water partition coefficient (Wildman–Crippen LogP) is 1.63. The zero-order valence-corrected chi connectivity index (χ0v) is 14.1. The van der Waals surface area contributed by atoms with Gasteiger partial charge in [-0.1, -0.05) is 36.4 Å². The second kappa shape index (κ2) is 6.69. The third-order valence-electron chi connectivity index (χ3n) is 5.75. The summed E-state index contributed by atoms with van der Waals surface area (Å²) in [6.07, 6.45) is 7.57. The van der Waals surface area contributed by atoms with E-state index >= 15 is 0 Å². The van der Waals surface area contributed by atoms with E-state index in [-0.39, 0.29) is 11.8 Å². The van der Waals surface area contributed by atoms with Gasteiger partial charge in [0.15, 0.2) is 0 Å². The van der Waals surface area contributed by atoms with Gasteiger partial charge in [-0.25, -0.2) is 0 Å². The van der Waals surface area contributed by atoms with E-state index in [1.54, 1.807) is 0 Å². The molecule has 3 aliphatic rings. The molecule has 0 bridgehead atoms. The first-order valence-corrected chi connectivity index (χ1v) is 9.13. The summed E-state index contributed by atoms with van der Waals surface area (Å²) in [4.78, 5) is 16.9. The number of amides is 1. The minimum Gasteiger partial charge on any atom is -0.390 e. The molecule has 0 radical (unpaired) electrons. The summed E-state index contributed by atoms with van der Waals surface area (Å²) < 4.78 is 0. The largest absolute Gasteiger partial charge is 0.390 e. The fraction of sp³-hybridized carbons (Fsp3) is 0.550. The molecular weight excluding hydrogens is 300 g/mol. The standard InChI is InChI=1S/C20H26N2O2/c23-19-13-21(18-11-16-7-3-4-8-17(16)12-18)9-10-22(14-19)20(24)15-5-1-2-6-15/h1-4,7-8,15,18-19,23H,5-6,9-14H2. The summed E-state index contributed by atoms with van der Waals surface area (Å²) in [7, 11) is 0.